The lowest BCUT2D eigenvalue weighted by Gasteiger charge is -2.30. The smallest absolute Gasteiger partial charge is 0.319 e. The van der Waals surface area contributed by atoms with E-state index in [0.29, 0.717) is 53.2 Å². The molecule has 3 atom stereocenters. The van der Waals surface area contributed by atoms with Crippen molar-refractivity contribution in [2.24, 2.45) is 0 Å². The van der Waals surface area contributed by atoms with Crippen LogP contribution in [-0.2, 0) is 0 Å². The summed E-state index contributed by atoms with van der Waals surface area (Å²) in [5, 5.41) is 8.86. The Balaban J connectivity index is 1.39. The van der Waals surface area contributed by atoms with Crippen molar-refractivity contribution in [1.82, 2.24) is 30.2 Å². The minimum atomic E-state index is -0.889. The van der Waals surface area contributed by atoms with Crippen molar-refractivity contribution in [3.63, 3.8) is 0 Å². The molecule has 3 aliphatic heterocycles. The molecule has 7 rings (SSSR count). The number of pyridine rings is 2. The van der Waals surface area contributed by atoms with Crippen molar-refractivity contribution in [1.29, 1.82) is 0 Å². The molecule has 42 heavy (non-hydrogen) atoms. The van der Waals surface area contributed by atoms with Gasteiger partial charge in [-0.15, -0.1) is 0 Å². The number of halogens is 3. The molecule has 3 aromatic heterocycles. The lowest BCUT2D eigenvalue weighted by atomic mass is 9.95. The highest BCUT2D eigenvalue weighted by molar-refractivity contribution is 6.36. The largest absolute Gasteiger partial charge is 0.474 e. The van der Waals surface area contributed by atoms with Gasteiger partial charge in [0.1, 0.15) is 35.2 Å². The number of aromatic nitrogens is 4. The van der Waals surface area contributed by atoms with Gasteiger partial charge in [-0.1, -0.05) is 23.7 Å². The molecular weight excluding hydrogens is 564 g/mol. The van der Waals surface area contributed by atoms with Gasteiger partial charge >= 0.3 is 6.01 Å². The molecule has 2 fully saturated rings. The Bertz CT molecular complexity index is 1650. The topological polar surface area (TPSA) is 97.3 Å². The fraction of sp³-hybridized carbons (Fsp3) is 0.467. The molecule has 4 aromatic rings. The van der Waals surface area contributed by atoms with Crippen LogP contribution < -0.4 is 20.1 Å². The minimum Gasteiger partial charge on any atom is -0.474 e. The molecule has 12 heteroatoms. The minimum absolute atomic E-state index is 0.0143. The number of nitrogens with one attached hydrogen (secondary N) is 2. The van der Waals surface area contributed by atoms with E-state index in [1.54, 1.807) is 18.5 Å². The average Bonchev–Trinajstić information content (AvgIpc) is 3.49. The SMILES string of the molecule is C[C@H]1CCNCCNc2nc(OCC34CCCN3C[C@H](F)C4)nc3c(F)c(-c4cncc5cccc(Cl)c45)nc(c23)O1. The average molecular weight is 596 g/mol. The summed E-state index contributed by atoms with van der Waals surface area (Å²) in [6.07, 6.45) is 5.08. The number of ether oxygens (including phenoxy) is 2. The zero-order valence-corrected chi connectivity index (χ0v) is 24.1. The number of alkyl halides is 1. The molecule has 2 saturated heterocycles. The fourth-order valence-electron chi connectivity index (χ4n) is 6.54. The predicted octanol–water partition coefficient (Wildman–Crippen LogP) is 5.16. The number of fused-ring (bicyclic) bond motifs is 2. The first-order chi connectivity index (χ1) is 20.4. The number of nitrogens with zero attached hydrogens (tertiary/aromatic N) is 5. The zero-order chi connectivity index (χ0) is 28.8. The number of rotatable bonds is 4. The lowest BCUT2D eigenvalue weighted by molar-refractivity contribution is 0.107. The van der Waals surface area contributed by atoms with Crippen molar-refractivity contribution in [2.75, 3.05) is 44.6 Å². The molecule has 9 nitrogen and oxygen atoms in total. The van der Waals surface area contributed by atoms with E-state index in [2.05, 4.69) is 30.5 Å². The van der Waals surface area contributed by atoms with Gasteiger partial charge in [0.05, 0.1) is 11.6 Å². The molecule has 3 aliphatic rings. The standard InChI is InChI=1S/C30H32ClF2N7O2/c1-17-6-8-34-9-10-36-27-23-26(38-29(39-27)41-16-30-7-3-11-40(30)15-19(32)12-30)24(33)25(37-28(23)42-17)20-14-35-13-18-4-2-5-21(31)22(18)20/h2,4-5,13-14,17,19,34H,3,6-12,15-16H2,1H3,(H,36,38,39)/t17-,19+,30?/m0/s1. The maximum atomic E-state index is 16.7. The van der Waals surface area contributed by atoms with Crippen molar-refractivity contribution in [3.05, 3.63) is 41.4 Å². The normalized spacial score (nSPS) is 24.7. The van der Waals surface area contributed by atoms with Crippen LogP contribution in [0.3, 0.4) is 0 Å². The van der Waals surface area contributed by atoms with E-state index in [0.717, 1.165) is 37.7 Å². The van der Waals surface area contributed by atoms with E-state index in [1.165, 1.54) is 0 Å². The monoisotopic (exact) mass is 595 g/mol. The van der Waals surface area contributed by atoms with E-state index in [9.17, 15) is 4.39 Å². The fourth-order valence-corrected chi connectivity index (χ4v) is 6.83. The molecule has 0 aliphatic carbocycles. The third-order valence-electron chi connectivity index (χ3n) is 8.58. The Morgan fingerprint density at radius 2 is 2.07 bits per heavy atom. The molecule has 1 unspecified atom stereocenters. The van der Waals surface area contributed by atoms with Crippen LogP contribution in [0.25, 0.3) is 32.9 Å². The first-order valence-corrected chi connectivity index (χ1v) is 14.9. The van der Waals surface area contributed by atoms with Gasteiger partial charge in [0, 0.05) is 59.8 Å². The van der Waals surface area contributed by atoms with Gasteiger partial charge in [-0.25, -0.2) is 13.8 Å². The molecule has 0 radical (unpaired) electrons. The Kier molecular flexibility index (Phi) is 7.19. The zero-order valence-electron chi connectivity index (χ0n) is 23.3. The van der Waals surface area contributed by atoms with Crippen LogP contribution in [0.4, 0.5) is 14.6 Å². The quantitative estimate of drug-likeness (QED) is 0.331. The summed E-state index contributed by atoms with van der Waals surface area (Å²) in [6.45, 7) is 5.37. The maximum absolute atomic E-state index is 16.7. The van der Waals surface area contributed by atoms with Gasteiger partial charge < -0.3 is 20.1 Å². The highest BCUT2D eigenvalue weighted by atomic mass is 35.5. The van der Waals surface area contributed by atoms with E-state index in [1.807, 2.05) is 19.1 Å². The van der Waals surface area contributed by atoms with Gasteiger partial charge in [-0.05, 0) is 45.3 Å². The Labute approximate surface area is 247 Å². The van der Waals surface area contributed by atoms with E-state index >= 15 is 4.39 Å². The van der Waals surface area contributed by atoms with Crippen molar-refractivity contribution in [2.45, 2.75) is 50.4 Å². The molecule has 1 aromatic carbocycles. The number of anilines is 1. The maximum Gasteiger partial charge on any atom is 0.319 e. The van der Waals surface area contributed by atoms with Crippen LogP contribution in [0.15, 0.2) is 30.6 Å². The second-order valence-corrected chi connectivity index (χ2v) is 11.8. The van der Waals surface area contributed by atoms with Crippen molar-refractivity contribution in [3.8, 4) is 23.1 Å². The van der Waals surface area contributed by atoms with Gasteiger partial charge in [0.25, 0.3) is 0 Å². The summed E-state index contributed by atoms with van der Waals surface area (Å²) in [5.74, 6) is -0.0816. The van der Waals surface area contributed by atoms with Crippen LogP contribution in [0.5, 0.6) is 11.9 Å². The Hall–Kier alpha value is -3.41. The molecule has 220 valence electrons. The summed E-state index contributed by atoms with van der Waals surface area (Å²) in [7, 11) is 0. The summed E-state index contributed by atoms with van der Waals surface area (Å²) < 4.78 is 43.6. The van der Waals surface area contributed by atoms with Gasteiger partial charge in [-0.2, -0.15) is 9.97 Å². The first-order valence-electron chi connectivity index (χ1n) is 14.5. The first kappa shape index (κ1) is 27.4. The van der Waals surface area contributed by atoms with Gasteiger partial charge in [-0.3, -0.25) is 9.88 Å². The number of hydrogen-bond donors (Lipinski definition) is 2. The second-order valence-electron chi connectivity index (χ2n) is 11.4. The molecular formula is C30H32ClF2N7O2. The van der Waals surface area contributed by atoms with Crippen LogP contribution in [0.2, 0.25) is 5.02 Å². The molecule has 6 heterocycles. The molecule has 0 saturated carbocycles. The lowest BCUT2D eigenvalue weighted by Crippen LogP contribution is -2.43. The molecule has 0 bridgehead atoms. The van der Waals surface area contributed by atoms with E-state index in [-0.39, 0.29) is 35.8 Å². The number of hydrogen-bond acceptors (Lipinski definition) is 9. The molecule has 0 spiro atoms. The summed E-state index contributed by atoms with van der Waals surface area (Å²) >= 11 is 6.60. The highest BCUT2D eigenvalue weighted by Gasteiger charge is 2.49. The third kappa shape index (κ3) is 4.87. The third-order valence-corrected chi connectivity index (χ3v) is 8.90. The second kappa shape index (κ2) is 11.0. The summed E-state index contributed by atoms with van der Waals surface area (Å²) in [4.78, 5) is 20.4. The van der Waals surface area contributed by atoms with Crippen molar-refractivity contribution < 1.29 is 18.3 Å². The van der Waals surface area contributed by atoms with Crippen LogP contribution in [0.1, 0.15) is 32.6 Å². The summed E-state index contributed by atoms with van der Waals surface area (Å²) in [5.41, 5.74) is 0.0695. The van der Waals surface area contributed by atoms with Gasteiger partial charge in [0.15, 0.2) is 5.82 Å². The highest BCUT2D eigenvalue weighted by Crippen LogP contribution is 2.42. The number of benzene rings is 1. The van der Waals surface area contributed by atoms with Crippen LogP contribution in [0, 0.1) is 5.82 Å². The Morgan fingerprint density at radius 1 is 1.17 bits per heavy atom. The van der Waals surface area contributed by atoms with Crippen molar-refractivity contribution >= 4 is 39.1 Å². The van der Waals surface area contributed by atoms with Crippen LogP contribution in [-0.4, -0.2) is 82.0 Å². The Morgan fingerprint density at radius 3 is 2.98 bits per heavy atom. The van der Waals surface area contributed by atoms with E-state index < -0.39 is 17.5 Å². The summed E-state index contributed by atoms with van der Waals surface area (Å²) in [6, 6.07) is 5.45. The predicted molar refractivity (Wildman–Crippen MR) is 158 cm³/mol. The van der Waals surface area contributed by atoms with Gasteiger partial charge in [0.2, 0.25) is 5.88 Å². The van der Waals surface area contributed by atoms with Crippen LogP contribution >= 0.6 is 11.6 Å². The van der Waals surface area contributed by atoms with E-state index in [4.69, 9.17) is 26.1 Å². The molecule has 2 N–H and O–H groups in total. The molecule has 0 amide bonds.